The van der Waals surface area contributed by atoms with Gasteiger partial charge in [-0.05, 0) is 60.7 Å². The number of ether oxygens (including phenoxy) is 1. The molecule has 3 N–H and O–H groups in total. The lowest BCUT2D eigenvalue weighted by Crippen LogP contribution is -2.36. The molecular formula is C24H24ClF5N4O2. The van der Waals surface area contributed by atoms with Crippen LogP contribution in [0.1, 0.15) is 18.4 Å². The maximum absolute atomic E-state index is 13.7. The molecule has 0 spiro atoms. The fraction of sp³-hybridized carbons (Fsp3) is 0.333. The third kappa shape index (κ3) is 8.89. The molecule has 1 atom stereocenters. The summed E-state index contributed by atoms with van der Waals surface area (Å²) in [5.74, 6) is -0.855. The van der Waals surface area contributed by atoms with Crippen molar-refractivity contribution in [2.45, 2.75) is 31.6 Å². The highest BCUT2D eigenvalue weighted by Crippen LogP contribution is 2.20. The Labute approximate surface area is 209 Å². The molecule has 12 heteroatoms. The Kier molecular flexibility index (Phi) is 9.80. The van der Waals surface area contributed by atoms with Crippen molar-refractivity contribution in [2.24, 2.45) is 0 Å². The lowest BCUT2D eigenvalue weighted by atomic mass is 10.1. The van der Waals surface area contributed by atoms with Crippen LogP contribution in [-0.2, 0) is 11.3 Å². The molecular weight excluding hydrogens is 507 g/mol. The molecule has 1 aromatic heterocycles. The van der Waals surface area contributed by atoms with Gasteiger partial charge in [0.05, 0.1) is 11.6 Å². The molecule has 3 aromatic rings. The van der Waals surface area contributed by atoms with Crippen LogP contribution in [0.2, 0.25) is 5.02 Å². The number of hydrogen-bond donors (Lipinski definition) is 3. The first-order valence-corrected chi connectivity index (χ1v) is 11.4. The smallest absolute Gasteiger partial charge is 0.412 e. The monoisotopic (exact) mass is 530 g/mol. The predicted octanol–water partition coefficient (Wildman–Crippen LogP) is 5.81. The minimum Gasteiger partial charge on any atom is -0.448 e. The Morgan fingerprint density at radius 1 is 1.11 bits per heavy atom. The number of fused-ring (bicyclic) bond motifs is 1. The van der Waals surface area contributed by atoms with Crippen LogP contribution in [0.3, 0.4) is 0 Å². The summed E-state index contributed by atoms with van der Waals surface area (Å²) >= 11 is 5.98. The maximum Gasteiger partial charge on any atom is 0.412 e. The molecule has 3 rings (SSSR count). The highest BCUT2D eigenvalue weighted by molar-refractivity contribution is 6.31. The fourth-order valence-electron chi connectivity index (χ4n) is 3.38. The van der Waals surface area contributed by atoms with Crippen LogP contribution < -0.4 is 16.0 Å². The van der Waals surface area contributed by atoms with Gasteiger partial charge in [-0.25, -0.2) is 18.6 Å². The van der Waals surface area contributed by atoms with E-state index >= 15 is 0 Å². The zero-order chi connectivity index (χ0) is 26.1. The van der Waals surface area contributed by atoms with Crippen molar-refractivity contribution in [2.75, 3.05) is 25.0 Å². The average Bonchev–Trinajstić information content (AvgIpc) is 2.81. The van der Waals surface area contributed by atoms with Crippen LogP contribution in [0.25, 0.3) is 10.8 Å². The highest BCUT2D eigenvalue weighted by Gasteiger charge is 2.26. The first-order valence-electron chi connectivity index (χ1n) is 11.0. The van der Waals surface area contributed by atoms with Crippen molar-refractivity contribution in [1.29, 1.82) is 0 Å². The molecule has 2 aromatic carbocycles. The topological polar surface area (TPSA) is 75.3 Å². The number of aromatic nitrogens is 1. The van der Waals surface area contributed by atoms with E-state index in [9.17, 15) is 26.7 Å². The molecule has 6 nitrogen and oxygen atoms in total. The second-order valence-corrected chi connectivity index (χ2v) is 8.39. The van der Waals surface area contributed by atoms with Gasteiger partial charge in [0, 0.05) is 24.2 Å². The number of pyridine rings is 1. The molecule has 0 fully saturated rings. The summed E-state index contributed by atoms with van der Waals surface area (Å²) in [5.41, 5.74) is 0.480. The number of carbonyl (C=O) groups excluding carboxylic acids is 1. The van der Waals surface area contributed by atoms with E-state index in [1.807, 2.05) is 0 Å². The van der Waals surface area contributed by atoms with Gasteiger partial charge >= 0.3 is 12.3 Å². The Morgan fingerprint density at radius 2 is 1.92 bits per heavy atom. The Bertz CT molecular complexity index is 1180. The van der Waals surface area contributed by atoms with Crippen LogP contribution in [0.4, 0.5) is 32.6 Å². The minimum atomic E-state index is -4.31. The molecule has 194 valence electrons. The molecule has 0 saturated carbocycles. The summed E-state index contributed by atoms with van der Waals surface area (Å²) in [4.78, 5) is 16.4. The molecule has 0 aliphatic carbocycles. The first kappa shape index (κ1) is 27.6. The second-order valence-electron chi connectivity index (χ2n) is 8.01. The van der Waals surface area contributed by atoms with Crippen molar-refractivity contribution in [1.82, 2.24) is 15.6 Å². The molecule has 0 unspecified atom stereocenters. The molecule has 1 amide bonds. The van der Waals surface area contributed by atoms with E-state index in [1.165, 1.54) is 36.5 Å². The van der Waals surface area contributed by atoms with Crippen molar-refractivity contribution in [3.63, 3.8) is 0 Å². The molecule has 0 aliphatic rings. The van der Waals surface area contributed by atoms with Gasteiger partial charge in [0.25, 0.3) is 0 Å². The standard InChI is InChI=1S/C24H24ClF5N4O2/c25-22-16(3-1-5-20(22)27)12-32-19(4-2-8-31-14-24(28,29)30)13-36-23(35)34-21-10-17-9-18(26)7-6-15(17)11-33-21/h1,3,5-7,9-11,19,31-32H,2,4,8,12-14H2,(H,33,34,35)/t19-/m0/s1. The Hall–Kier alpha value is -3.02. The van der Waals surface area contributed by atoms with E-state index in [4.69, 9.17) is 16.3 Å². The molecule has 0 saturated heterocycles. The van der Waals surface area contributed by atoms with Gasteiger partial charge in [-0.2, -0.15) is 13.2 Å². The number of hydrogen-bond acceptors (Lipinski definition) is 5. The SMILES string of the molecule is O=C(Nc1cc2cc(F)ccc2cn1)OC[C@H](CCCNCC(F)(F)F)NCc1cccc(F)c1Cl. The highest BCUT2D eigenvalue weighted by atomic mass is 35.5. The summed E-state index contributed by atoms with van der Waals surface area (Å²) in [6.45, 7) is -0.978. The van der Waals surface area contributed by atoms with E-state index in [-0.39, 0.29) is 30.5 Å². The van der Waals surface area contributed by atoms with Gasteiger partial charge in [-0.3, -0.25) is 5.32 Å². The number of nitrogens with one attached hydrogen (secondary N) is 3. The quantitative estimate of drug-likeness (QED) is 0.216. The fourth-order valence-corrected chi connectivity index (χ4v) is 3.58. The molecule has 0 bridgehead atoms. The number of benzene rings is 2. The second kappa shape index (κ2) is 12.8. The largest absolute Gasteiger partial charge is 0.448 e. The molecule has 36 heavy (non-hydrogen) atoms. The summed E-state index contributed by atoms with van der Waals surface area (Å²) < 4.78 is 69.4. The van der Waals surface area contributed by atoms with E-state index in [2.05, 4.69) is 20.9 Å². The number of amides is 1. The van der Waals surface area contributed by atoms with Crippen molar-refractivity contribution >= 4 is 34.3 Å². The summed E-state index contributed by atoms with van der Waals surface area (Å²) in [6, 6.07) is 9.55. The first-order chi connectivity index (χ1) is 17.1. The summed E-state index contributed by atoms with van der Waals surface area (Å²) in [6.07, 6.45) is -2.93. The summed E-state index contributed by atoms with van der Waals surface area (Å²) in [5, 5.41) is 9.05. The van der Waals surface area contributed by atoms with Crippen LogP contribution >= 0.6 is 11.6 Å². The zero-order valence-electron chi connectivity index (χ0n) is 19.0. The van der Waals surface area contributed by atoms with Gasteiger partial charge < -0.3 is 15.4 Å². The van der Waals surface area contributed by atoms with Gasteiger partial charge in [-0.15, -0.1) is 0 Å². The third-order valence-corrected chi connectivity index (χ3v) is 5.60. The minimum absolute atomic E-state index is 0.0481. The average molecular weight is 531 g/mol. The van der Waals surface area contributed by atoms with Crippen molar-refractivity contribution in [3.8, 4) is 0 Å². The van der Waals surface area contributed by atoms with Gasteiger partial charge in [-0.1, -0.05) is 23.7 Å². The van der Waals surface area contributed by atoms with E-state index in [1.54, 1.807) is 12.1 Å². The normalized spacial score (nSPS) is 12.5. The van der Waals surface area contributed by atoms with Crippen LogP contribution in [0.5, 0.6) is 0 Å². The van der Waals surface area contributed by atoms with E-state index in [0.717, 1.165) is 0 Å². The van der Waals surface area contributed by atoms with E-state index in [0.29, 0.717) is 29.2 Å². The lowest BCUT2D eigenvalue weighted by molar-refractivity contribution is -0.124. The molecule has 0 radical (unpaired) electrons. The number of alkyl halides is 3. The molecule has 1 heterocycles. The van der Waals surface area contributed by atoms with Crippen LogP contribution in [-0.4, -0.2) is 43.0 Å². The number of rotatable bonds is 11. The maximum atomic E-state index is 13.7. The zero-order valence-corrected chi connectivity index (χ0v) is 19.7. The summed E-state index contributed by atoms with van der Waals surface area (Å²) in [7, 11) is 0. The van der Waals surface area contributed by atoms with Crippen molar-refractivity contribution in [3.05, 3.63) is 70.9 Å². The number of nitrogens with zero attached hydrogens (tertiary/aromatic N) is 1. The van der Waals surface area contributed by atoms with Crippen LogP contribution in [0.15, 0.2) is 48.7 Å². The molecule has 0 aliphatic heterocycles. The number of halogens is 6. The van der Waals surface area contributed by atoms with Gasteiger partial charge in [0.15, 0.2) is 0 Å². The number of carbonyl (C=O) groups is 1. The Balaban J connectivity index is 1.55. The lowest BCUT2D eigenvalue weighted by Gasteiger charge is -2.20. The van der Waals surface area contributed by atoms with Crippen LogP contribution in [0, 0.1) is 11.6 Å². The number of anilines is 1. The van der Waals surface area contributed by atoms with E-state index < -0.39 is 36.5 Å². The van der Waals surface area contributed by atoms with Gasteiger partial charge in [0.1, 0.15) is 24.1 Å². The Morgan fingerprint density at radius 3 is 2.69 bits per heavy atom. The van der Waals surface area contributed by atoms with Gasteiger partial charge in [0.2, 0.25) is 0 Å². The predicted molar refractivity (Wildman–Crippen MR) is 127 cm³/mol. The van der Waals surface area contributed by atoms with Crippen molar-refractivity contribution < 1.29 is 31.5 Å². The third-order valence-electron chi connectivity index (χ3n) is 5.17.